The molecule has 96 valence electrons. The summed E-state index contributed by atoms with van der Waals surface area (Å²) >= 11 is 0. The molecule has 1 aromatic carbocycles. The third kappa shape index (κ3) is 1.99. The van der Waals surface area contributed by atoms with Crippen molar-refractivity contribution in [2.75, 3.05) is 0 Å². The zero-order chi connectivity index (χ0) is 13.4. The summed E-state index contributed by atoms with van der Waals surface area (Å²) in [6, 6.07) is 5.90. The van der Waals surface area contributed by atoms with Crippen molar-refractivity contribution in [1.29, 1.82) is 0 Å². The van der Waals surface area contributed by atoms with Gasteiger partial charge in [-0.05, 0) is 25.0 Å². The molecule has 0 atom stereocenters. The molecule has 0 bridgehead atoms. The zero-order valence-electron chi connectivity index (χ0n) is 9.94. The molecule has 0 N–H and O–H groups in total. The third-order valence-corrected chi connectivity index (χ3v) is 3.06. The Balaban J connectivity index is 1.98. The van der Waals surface area contributed by atoms with Gasteiger partial charge < -0.3 is 0 Å². The van der Waals surface area contributed by atoms with E-state index in [0.717, 1.165) is 12.8 Å². The van der Waals surface area contributed by atoms with Gasteiger partial charge in [-0.2, -0.15) is 9.90 Å². The molecule has 1 heterocycles. The van der Waals surface area contributed by atoms with Crippen LogP contribution in [0.2, 0.25) is 0 Å². The lowest BCUT2D eigenvalue weighted by molar-refractivity contribution is -0.384. The van der Waals surface area contributed by atoms with E-state index in [0.29, 0.717) is 23.5 Å². The summed E-state index contributed by atoms with van der Waals surface area (Å²) in [5.74, 6) is 0.00871. The molecule has 2 aromatic rings. The predicted octanol–water partition coefficient (Wildman–Crippen LogP) is 1.69. The summed E-state index contributed by atoms with van der Waals surface area (Å²) in [6.45, 7) is 0. The summed E-state index contributed by atoms with van der Waals surface area (Å²) in [5.41, 5.74) is 1.74. The van der Waals surface area contributed by atoms with Crippen molar-refractivity contribution >= 4 is 11.5 Å². The van der Waals surface area contributed by atoms with E-state index in [9.17, 15) is 14.9 Å². The lowest BCUT2D eigenvalue weighted by Gasteiger charge is -2.04. The van der Waals surface area contributed by atoms with E-state index in [2.05, 4.69) is 10.2 Å². The van der Waals surface area contributed by atoms with Gasteiger partial charge in [0.05, 0.1) is 16.3 Å². The van der Waals surface area contributed by atoms with Gasteiger partial charge in [0, 0.05) is 18.6 Å². The number of ketones is 1. The summed E-state index contributed by atoms with van der Waals surface area (Å²) in [4.78, 5) is 23.1. The van der Waals surface area contributed by atoms with E-state index in [1.807, 2.05) is 0 Å². The van der Waals surface area contributed by atoms with E-state index in [4.69, 9.17) is 0 Å². The fourth-order valence-electron chi connectivity index (χ4n) is 2.08. The summed E-state index contributed by atoms with van der Waals surface area (Å²) in [7, 11) is 0. The number of nitrogens with zero attached hydrogens (tertiary/aromatic N) is 4. The van der Waals surface area contributed by atoms with E-state index in [1.54, 1.807) is 12.1 Å². The molecule has 0 spiro atoms. The van der Waals surface area contributed by atoms with E-state index >= 15 is 0 Å². The first-order chi connectivity index (χ1) is 9.15. The normalized spacial score (nSPS) is 14.2. The molecule has 0 aliphatic heterocycles. The highest BCUT2D eigenvalue weighted by atomic mass is 16.6. The van der Waals surface area contributed by atoms with Crippen LogP contribution in [-0.2, 0) is 6.42 Å². The minimum atomic E-state index is -0.463. The van der Waals surface area contributed by atoms with Crippen molar-refractivity contribution in [3.63, 3.8) is 0 Å². The Hall–Kier alpha value is -2.57. The molecule has 7 heteroatoms. The van der Waals surface area contributed by atoms with Crippen LogP contribution in [0.3, 0.4) is 0 Å². The average Bonchev–Trinajstić information content (AvgIpc) is 2.84. The number of fused-ring (bicyclic) bond motifs is 1. The Morgan fingerprint density at radius 3 is 2.53 bits per heavy atom. The van der Waals surface area contributed by atoms with Gasteiger partial charge in [0.1, 0.15) is 0 Å². The summed E-state index contributed by atoms with van der Waals surface area (Å²) < 4.78 is 0. The Kier molecular flexibility index (Phi) is 2.59. The van der Waals surface area contributed by atoms with Gasteiger partial charge in [-0.25, -0.2) is 0 Å². The van der Waals surface area contributed by atoms with Crippen LogP contribution in [0.4, 0.5) is 5.69 Å². The minimum absolute atomic E-state index is 0.00871. The van der Waals surface area contributed by atoms with Gasteiger partial charge in [-0.3, -0.25) is 14.9 Å². The van der Waals surface area contributed by atoms with Crippen molar-refractivity contribution in [2.24, 2.45) is 0 Å². The van der Waals surface area contributed by atoms with Crippen LogP contribution in [0.1, 0.15) is 29.0 Å². The number of nitro benzene ring substituents is 1. The second-order valence-corrected chi connectivity index (χ2v) is 4.33. The van der Waals surface area contributed by atoms with Crippen molar-refractivity contribution < 1.29 is 9.72 Å². The third-order valence-electron chi connectivity index (χ3n) is 3.06. The fourth-order valence-corrected chi connectivity index (χ4v) is 2.08. The molecule has 0 fully saturated rings. The molecular formula is C12H10N4O3. The number of carbonyl (C=O) groups is 1. The second kappa shape index (κ2) is 4.27. The monoisotopic (exact) mass is 258 g/mol. The number of aryl methyl sites for hydroxylation is 1. The molecule has 19 heavy (non-hydrogen) atoms. The van der Waals surface area contributed by atoms with Gasteiger partial charge >= 0.3 is 0 Å². The topological polar surface area (TPSA) is 90.9 Å². The maximum atomic E-state index is 11.7. The van der Waals surface area contributed by atoms with Crippen LogP contribution in [0, 0.1) is 10.1 Å². The first-order valence-corrected chi connectivity index (χ1v) is 5.89. The Bertz CT molecular complexity index is 660. The van der Waals surface area contributed by atoms with Crippen molar-refractivity contribution in [1.82, 2.24) is 15.0 Å². The smallest absolute Gasteiger partial charge is 0.269 e. The molecule has 0 radical (unpaired) electrons. The molecule has 0 amide bonds. The maximum absolute atomic E-state index is 11.7. The number of aromatic nitrogens is 3. The number of rotatable bonds is 2. The fraction of sp³-hybridized carbons (Fsp3) is 0.250. The minimum Gasteiger partial charge on any atom is -0.292 e. The molecule has 1 aliphatic rings. The predicted molar refractivity (Wildman–Crippen MR) is 65.3 cm³/mol. The molecule has 3 rings (SSSR count). The van der Waals surface area contributed by atoms with Crippen LogP contribution in [0.5, 0.6) is 0 Å². The zero-order valence-corrected chi connectivity index (χ0v) is 9.94. The number of carbonyl (C=O) groups excluding carboxylic acids is 1. The number of nitro groups is 1. The van der Waals surface area contributed by atoms with E-state index in [1.165, 1.54) is 16.9 Å². The van der Waals surface area contributed by atoms with Crippen LogP contribution >= 0.6 is 0 Å². The number of hydrogen-bond donors (Lipinski definition) is 0. The van der Waals surface area contributed by atoms with Gasteiger partial charge in [-0.15, -0.1) is 5.10 Å². The average molecular weight is 258 g/mol. The number of hydrogen-bond acceptors (Lipinski definition) is 5. The summed E-state index contributed by atoms with van der Waals surface area (Å²) in [6.07, 6.45) is 2.05. The maximum Gasteiger partial charge on any atom is 0.269 e. The van der Waals surface area contributed by atoms with Gasteiger partial charge in [-0.1, -0.05) is 0 Å². The standard InChI is InChI=1S/C12H10N4O3/c17-11-3-1-2-10-12(11)14-15(13-10)8-4-6-9(7-5-8)16(18)19/h4-7H,1-3H2. The highest BCUT2D eigenvalue weighted by Gasteiger charge is 2.23. The first kappa shape index (κ1) is 11.5. The summed E-state index contributed by atoms with van der Waals surface area (Å²) in [5, 5.41) is 19.0. The first-order valence-electron chi connectivity index (χ1n) is 5.89. The largest absolute Gasteiger partial charge is 0.292 e. The second-order valence-electron chi connectivity index (χ2n) is 4.33. The van der Waals surface area contributed by atoms with Crippen LogP contribution < -0.4 is 0 Å². The molecule has 0 unspecified atom stereocenters. The van der Waals surface area contributed by atoms with Crippen molar-refractivity contribution in [2.45, 2.75) is 19.3 Å². The van der Waals surface area contributed by atoms with Crippen molar-refractivity contribution in [3.8, 4) is 5.69 Å². The van der Waals surface area contributed by atoms with E-state index in [-0.39, 0.29) is 11.5 Å². The number of benzene rings is 1. The quantitative estimate of drug-likeness (QED) is 0.603. The Morgan fingerprint density at radius 1 is 1.16 bits per heavy atom. The molecule has 0 saturated heterocycles. The Labute approximate surface area is 108 Å². The molecular weight excluding hydrogens is 248 g/mol. The Morgan fingerprint density at radius 2 is 1.89 bits per heavy atom. The SMILES string of the molecule is O=C1CCCc2nn(-c3ccc([N+](=O)[O-])cc3)nc21. The number of non-ortho nitro benzene ring substituents is 1. The highest BCUT2D eigenvalue weighted by Crippen LogP contribution is 2.20. The highest BCUT2D eigenvalue weighted by molar-refractivity contribution is 5.96. The molecule has 1 aliphatic carbocycles. The lowest BCUT2D eigenvalue weighted by Crippen LogP contribution is -2.10. The van der Waals surface area contributed by atoms with Gasteiger partial charge in [0.2, 0.25) is 0 Å². The van der Waals surface area contributed by atoms with Crippen LogP contribution in [0.15, 0.2) is 24.3 Å². The number of Topliss-reactive ketones (excluding diaryl/α,β-unsaturated/α-hetero) is 1. The van der Waals surface area contributed by atoms with Gasteiger partial charge in [0.15, 0.2) is 11.5 Å². The van der Waals surface area contributed by atoms with Gasteiger partial charge in [0.25, 0.3) is 5.69 Å². The molecule has 0 saturated carbocycles. The van der Waals surface area contributed by atoms with Crippen molar-refractivity contribution in [3.05, 3.63) is 45.8 Å². The molecule has 7 nitrogen and oxygen atoms in total. The van der Waals surface area contributed by atoms with Crippen LogP contribution in [-0.4, -0.2) is 25.7 Å². The van der Waals surface area contributed by atoms with Crippen LogP contribution in [0.25, 0.3) is 5.69 Å². The lowest BCUT2D eigenvalue weighted by atomic mass is 10.0. The van der Waals surface area contributed by atoms with E-state index < -0.39 is 4.92 Å². The molecule has 1 aromatic heterocycles.